The molecule has 0 aliphatic heterocycles. The fraction of sp³-hybridized carbons (Fsp3) is 0.154. The predicted octanol–water partition coefficient (Wildman–Crippen LogP) is 8.17. The van der Waals surface area contributed by atoms with Gasteiger partial charge < -0.3 is 21.1 Å². The maximum absolute atomic E-state index is 14.5. The van der Waals surface area contributed by atoms with Gasteiger partial charge in [0.05, 0.1) is 28.4 Å². The van der Waals surface area contributed by atoms with E-state index in [1.807, 2.05) is 0 Å². The van der Waals surface area contributed by atoms with Gasteiger partial charge in [-0.05, 0) is 42.0 Å². The smallest absolute Gasteiger partial charge is 0.471 e. The highest BCUT2D eigenvalue weighted by Gasteiger charge is 2.62. The number of carbonyl (C=O) groups excluding carboxylic acids is 2. The minimum atomic E-state index is -5.43. The van der Waals surface area contributed by atoms with Crippen LogP contribution < -0.4 is 16.0 Å². The van der Waals surface area contributed by atoms with Crippen molar-refractivity contribution in [2.24, 2.45) is 0 Å². The highest BCUT2D eigenvalue weighted by Crippen LogP contribution is 2.65. The summed E-state index contributed by atoms with van der Waals surface area (Å²) in [6.45, 7) is 0. The topological polar surface area (TPSA) is 90.5 Å². The van der Waals surface area contributed by atoms with Crippen LogP contribution in [0.25, 0.3) is 0 Å². The first kappa shape index (κ1) is 32.7. The molecule has 1 aliphatic rings. The van der Waals surface area contributed by atoms with Crippen LogP contribution in [-0.2, 0) is 11.0 Å². The Bertz CT molecular complexity index is 1710. The molecule has 3 aromatic carbocycles. The van der Waals surface area contributed by atoms with Crippen LogP contribution in [0.1, 0.15) is 27.4 Å². The highest BCUT2D eigenvalue weighted by molar-refractivity contribution is 6.55. The fourth-order valence-electron chi connectivity index (χ4n) is 3.99. The van der Waals surface area contributed by atoms with Crippen molar-refractivity contribution >= 4 is 52.1 Å². The maximum atomic E-state index is 14.5. The Hall–Kier alpha value is -4.18. The molecule has 1 fully saturated rings. The zero-order valence-electron chi connectivity index (χ0n) is 21.0. The van der Waals surface area contributed by atoms with Crippen LogP contribution in [0.15, 0.2) is 60.0 Å². The van der Waals surface area contributed by atoms with Crippen LogP contribution >= 0.6 is 23.2 Å². The van der Waals surface area contributed by atoms with E-state index in [-0.39, 0.29) is 22.9 Å². The number of anilines is 3. The van der Waals surface area contributed by atoms with Crippen LogP contribution in [0.4, 0.5) is 61.0 Å². The van der Waals surface area contributed by atoms with Crippen LogP contribution in [0.2, 0.25) is 0 Å². The molecule has 0 heterocycles. The van der Waals surface area contributed by atoms with E-state index in [1.54, 1.807) is 5.32 Å². The van der Waals surface area contributed by atoms with E-state index in [1.165, 1.54) is 0 Å². The molecular formula is C26H13Cl2F10N3O3. The number of carbonyl (C=O) groups is 2. The van der Waals surface area contributed by atoms with Crippen molar-refractivity contribution in [3.05, 3.63) is 99.9 Å². The van der Waals surface area contributed by atoms with Gasteiger partial charge in [0.2, 0.25) is 0 Å². The lowest BCUT2D eigenvalue weighted by Crippen LogP contribution is -2.30. The first-order chi connectivity index (χ1) is 20.2. The molecule has 6 nitrogen and oxygen atoms in total. The number of hydrogen-bond acceptors (Lipinski definition) is 4. The Morgan fingerprint density at radius 3 is 1.93 bits per heavy atom. The van der Waals surface area contributed by atoms with Gasteiger partial charge in [-0.2, -0.15) is 26.3 Å². The van der Waals surface area contributed by atoms with Gasteiger partial charge in [-0.3, -0.25) is 9.59 Å². The Morgan fingerprint density at radius 1 is 0.750 bits per heavy atom. The van der Waals surface area contributed by atoms with Gasteiger partial charge >= 0.3 is 18.3 Å². The average Bonchev–Trinajstić information content (AvgIpc) is 3.48. The monoisotopic (exact) mass is 675 g/mol. The molecule has 234 valence electrons. The Kier molecular flexibility index (Phi) is 8.47. The number of aliphatic hydroxyl groups is 1. The zero-order valence-corrected chi connectivity index (χ0v) is 22.5. The average molecular weight is 676 g/mol. The first-order valence-corrected chi connectivity index (χ1v) is 12.4. The lowest BCUT2D eigenvalue weighted by Gasteiger charge is -2.13. The minimum absolute atomic E-state index is 0.0512. The third-order valence-electron chi connectivity index (χ3n) is 6.10. The number of benzene rings is 3. The van der Waals surface area contributed by atoms with Gasteiger partial charge in [0.15, 0.2) is 10.2 Å². The summed E-state index contributed by atoms with van der Waals surface area (Å²) in [4.78, 5) is 23.8. The summed E-state index contributed by atoms with van der Waals surface area (Å²) in [6, 6.07) is 4.75. The summed E-state index contributed by atoms with van der Waals surface area (Å²) in [5, 5.41) is 15.8. The van der Waals surface area contributed by atoms with E-state index in [0.717, 1.165) is 23.5 Å². The second kappa shape index (κ2) is 11.4. The van der Waals surface area contributed by atoms with Gasteiger partial charge in [0, 0.05) is 17.3 Å². The van der Waals surface area contributed by atoms with Crippen LogP contribution in [0, 0.1) is 23.3 Å². The molecule has 4 rings (SSSR count). The van der Waals surface area contributed by atoms with Crippen molar-refractivity contribution in [2.75, 3.05) is 16.0 Å². The summed E-state index contributed by atoms with van der Waals surface area (Å²) in [6.07, 6.45) is -10.5. The SMILES string of the molecule is O=C(Nc1cc(NC(=O)C(F)(F)F)c(F)cc1F)c1cc(N/C(O)=C2/[C@H](c3ccc(F)c(C(F)(F)F)c3)C2(Cl)Cl)ccc1F. The molecule has 0 aromatic heterocycles. The minimum Gasteiger partial charge on any atom is -0.495 e. The normalized spacial score (nSPS) is 17.1. The summed E-state index contributed by atoms with van der Waals surface area (Å²) in [5.41, 5.74) is -5.30. The number of aliphatic hydroxyl groups excluding tert-OH is 1. The number of rotatable bonds is 6. The largest absolute Gasteiger partial charge is 0.495 e. The predicted molar refractivity (Wildman–Crippen MR) is 137 cm³/mol. The second-order valence-corrected chi connectivity index (χ2v) is 10.5. The molecule has 4 N–H and O–H groups in total. The van der Waals surface area contributed by atoms with Crippen LogP contribution in [0.5, 0.6) is 0 Å². The summed E-state index contributed by atoms with van der Waals surface area (Å²) < 4.78 is 131. The fourth-order valence-corrected chi connectivity index (χ4v) is 4.75. The molecule has 1 atom stereocenters. The number of allylic oxidation sites excluding steroid dienone is 1. The van der Waals surface area contributed by atoms with E-state index in [2.05, 4.69) is 5.32 Å². The van der Waals surface area contributed by atoms with E-state index in [4.69, 9.17) is 23.2 Å². The molecule has 2 amide bonds. The van der Waals surface area contributed by atoms with E-state index in [9.17, 15) is 58.6 Å². The third-order valence-corrected chi connectivity index (χ3v) is 6.94. The van der Waals surface area contributed by atoms with Crippen molar-refractivity contribution in [2.45, 2.75) is 22.6 Å². The van der Waals surface area contributed by atoms with Crippen LogP contribution in [-0.4, -0.2) is 27.4 Å². The third kappa shape index (κ3) is 6.65. The Morgan fingerprint density at radius 2 is 1.34 bits per heavy atom. The molecule has 0 spiro atoms. The molecular weight excluding hydrogens is 663 g/mol. The molecule has 0 bridgehead atoms. The number of alkyl halides is 8. The van der Waals surface area contributed by atoms with Gasteiger partial charge in [-0.25, -0.2) is 17.6 Å². The van der Waals surface area contributed by atoms with Crippen molar-refractivity contribution < 1.29 is 58.6 Å². The van der Waals surface area contributed by atoms with E-state index < -0.39 is 86.1 Å². The molecule has 0 saturated heterocycles. The number of amides is 2. The van der Waals surface area contributed by atoms with Crippen molar-refractivity contribution in [1.29, 1.82) is 0 Å². The summed E-state index contributed by atoms with van der Waals surface area (Å²) in [5.74, 6) is -12.0. The van der Waals surface area contributed by atoms with Crippen molar-refractivity contribution in [3.8, 4) is 0 Å². The molecule has 3 aromatic rings. The molecule has 0 unspecified atom stereocenters. The van der Waals surface area contributed by atoms with Crippen molar-refractivity contribution in [3.63, 3.8) is 0 Å². The molecule has 1 saturated carbocycles. The van der Waals surface area contributed by atoms with Gasteiger partial charge in [0.1, 0.15) is 23.3 Å². The first-order valence-electron chi connectivity index (χ1n) is 11.6. The molecule has 0 radical (unpaired) electrons. The number of hydrogen-bond donors (Lipinski definition) is 4. The van der Waals surface area contributed by atoms with E-state index in [0.29, 0.717) is 24.3 Å². The number of nitrogens with one attached hydrogen (secondary N) is 3. The van der Waals surface area contributed by atoms with Gasteiger partial charge in [-0.15, -0.1) is 0 Å². The maximum Gasteiger partial charge on any atom is 0.471 e. The zero-order chi connectivity index (χ0) is 32.9. The lowest BCUT2D eigenvalue weighted by atomic mass is 10.1. The van der Waals surface area contributed by atoms with E-state index >= 15 is 0 Å². The standard InChI is InChI=1S/C26H13Cl2F10N3O3/c27-24(28)19(9-1-3-14(30)12(5-9)25(33,34)35)20(24)22(43)39-10-2-4-13(29)11(6-10)21(42)40-17-8-18(16(32)7-15(17)31)41-23(44)26(36,37)38/h1-8,19,39,43H,(H,40,42)(H,41,44)/b22-20+/t19-/m0/s1. The molecule has 1 aliphatic carbocycles. The van der Waals surface area contributed by atoms with Gasteiger partial charge in [0.25, 0.3) is 5.91 Å². The number of halogens is 12. The van der Waals surface area contributed by atoms with Crippen molar-refractivity contribution in [1.82, 2.24) is 0 Å². The Labute approximate surface area is 249 Å². The summed E-state index contributed by atoms with van der Waals surface area (Å²) >= 11 is 12.3. The Balaban J connectivity index is 1.58. The second-order valence-electron chi connectivity index (χ2n) is 9.09. The molecule has 44 heavy (non-hydrogen) atoms. The highest BCUT2D eigenvalue weighted by atomic mass is 35.5. The lowest BCUT2D eigenvalue weighted by molar-refractivity contribution is -0.167. The van der Waals surface area contributed by atoms with Crippen LogP contribution in [0.3, 0.4) is 0 Å². The van der Waals surface area contributed by atoms with Gasteiger partial charge in [-0.1, -0.05) is 29.3 Å². The molecule has 18 heteroatoms. The quantitative estimate of drug-likeness (QED) is 0.121. The summed E-state index contributed by atoms with van der Waals surface area (Å²) in [7, 11) is 0.